The van der Waals surface area contributed by atoms with Crippen LogP contribution in [0.2, 0.25) is 0 Å². The fourth-order valence-electron chi connectivity index (χ4n) is 1.45. The van der Waals surface area contributed by atoms with Crippen LogP contribution in [0.15, 0.2) is 39.2 Å². The second kappa shape index (κ2) is 4.14. The van der Waals surface area contributed by atoms with E-state index in [9.17, 15) is 4.79 Å². The van der Waals surface area contributed by atoms with Gasteiger partial charge in [0.15, 0.2) is 0 Å². The van der Waals surface area contributed by atoms with Crippen LogP contribution in [-0.4, -0.2) is 11.1 Å². The van der Waals surface area contributed by atoms with Gasteiger partial charge in [-0.15, -0.1) is 0 Å². The molecule has 2 aromatic rings. The summed E-state index contributed by atoms with van der Waals surface area (Å²) in [5, 5.41) is 8.90. The van der Waals surface area contributed by atoms with Crippen molar-refractivity contribution < 1.29 is 14.3 Å². The molecule has 1 aromatic heterocycles. The topological polar surface area (TPSA) is 50.4 Å². The highest BCUT2D eigenvalue weighted by Gasteiger charge is 2.14. The van der Waals surface area contributed by atoms with Crippen molar-refractivity contribution in [2.45, 2.75) is 6.92 Å². The molecule has 0 aliphatic rings. The minimum Gasteiger partial charge on any atom is -0.478 e. The van der Waals surface area contributed by atoms with Crippen LogP contribution in [0.5, 0.6) is 0 Å². The molecule has 0 aliphatic carbocycles. The van der Waals surface area contributed by atoms with E-state index in [1.54, 1.807) is 13.0 Å². The highest BCUT2D eigenvalue weighted by molar-refractivity contribution is 9.10. The summed E-state index contributed by atoms with van der Waals surface area (Å²) in [4.78, 5) is 10.9. The molecule has 0 fully saturated rings. The Balaban J connectivity index is 2.45. The predicted octanol–water partition coefficient (Wildman–Crippen LogP) is 3.72. The van der Waals surface area contributed by atoms with Gasteiger partial charge in [0.25, 0.3) is 0 Å². The molecule has 1 aromatic carbocycles. The van der Waals surface area contributed by atoms with E-state index in [1.807, 2.05) is 24.3 Å². The minimum atomic E-state index is -0.968. The quantitative estimate of drug-likeness (QED) is 0.912. The monoisotopic (exact) mass is 280 g/mol. The van der Waals surface area contributed by atoms with E-state index in [2.05, 4.69) is 15.9 Å². The second-order valence-corrected chi connectivity index (χ2v) is 4.31. The number of carboxylic acids is 1. The normalized spacial score (nSPS) is 10.4. The first-order chi connectivity index (χ1) is 7.58. The first-order valence-corrected chi connectivity index (χ1v) is 5.47. The summed E-state index contributed by atoms with van der Waals surface area (Å²) in [7, 11) is 0. The summed E-state index contributed by atoms with van der Waals surface area (Å²) in [5.74, 6) is 0.0254. The van der Waals surface area contributed by atoms with E-state index in [0.717, 1.165) is 10.0 Å². The zero-order valence-electron chi connectivity index (χ0n) is 8.53. The molecule has 1 N–H and O–H groups in total. The number of hydrogen-bond donors (Lipinski definition) is 1. The molecule has 0 spiro atoms. The second-order valence-electron chi connectivity index (χ2n) is 3.39. The van der Waals surface area contributed by atoms with Crippen molar-refractivity contribution in [3.8, 4) is 11.3 Å². The Labute approximate surface area is 101 Å². The fraction of sp³-hybridized carbons (Fsp3) is 0.0833. The lowest BCUT2D eigenvalue weighted by Crippen LogP contribution is -1.94. The molecule has 3 nitrogen and oxygen atoms in total. The number of rotatable bonds is 2. The smallest absolute Gasteiger partial charge is 0.339 e. The zero-order valence-corrected chi connectivity index (χ0v) is 10.1. The number of aryl methyl sites for hydroxylation is 1. The number of benzene rings is 1. The van der Waals surface area contributed by atoms with Crippen molar-refractivity contribution in [3.63, 3.8) is 0 Å². The van der Waals surface area contributed by atoms with Crippen LogP contribution in [0, 0.1) is 6.92 Å². The van der Waals surface area contributed by atoms with Gasteiger partial charge in [-0.25, -0.2) is 4.79 Å². The average Bonchev–Trinajstić information content (AvgIpc) is 2.61. The first-order valence-electron chi connectivity index (χ1n) is 4.67. The summed E-state index contributed by atoms with van der Waals surface area (Å²) in [6.45, 7) is 1.64. The van der Waals surface area contributed by atoms with Crippen LogP contribution in [0.4, 0.5) is 0 Å². The van der Waals surface area contributed by atoms with Gasteiger partial charge in [-0.3, -0.25) is 0 Å². The number of furan rings is 1. The standard InChI is InChI=1S/C12H9BrO3/c1-7-10(12(14)15)6-11(16-7)8-2-4-9(13)5-3-8/h2-6H,1H3,(H,14,15). The Morgan fingerprint density at radius 1 is 1.31 bits per heavy atom. The Hall–Kier alpha value is -1.55. The van der Waals surface area contributed by atoms with Crippen molar-refractivity contribution in [1.82, 2.24) is 0 Å². The molecular formula is C12H9BrO3. The van der Waals surface area contributed by atoms with Gasteiger partial charge in [-0.05, 0) is 25.1 Å². The Bertz CT molecular complexity index is 526. The number of aromatic carboxylic acids is 1. The number of hydrogen-bond acceptors (Lipinski definition) is 2. The van der Waals surface area contributed by atoms with Gasteiger partial charge in [0, 0.05) is 10.0 Å². The van der Waals surface area contributed by atoms with Crippen molar-refractivity contribution >= 4 is 21.9 Å². The maximum absolute atomic E-state index is 10.9. The first kappa shape index (κ1) is 11.0. The van der Waals surface area contributed by atoms with Crippen LogP contribution < -0.4 is 0 Å². The van der Waals surface area contributed by atoms with Crippen LogP contribution in [0.25, 0.3) is 11.3 Å². The molecular weight excluding hydrogens is 272 g/mol. The van der Waals surface area contributed by atoms with Gasteiger partial charge < -0.3 is 9.52 Å². The fourth-order valence-corrected chi connectivity index (χ4v) is 1.72. The average molecular weight is 281 g/mol. The molecule has 0 radical (unpaired) electrons. The van der Waals surface area contributed by atoms with E-state index in [1.165, 1.54) is 0 Å². The molecule has 0 atom stereocenters. The molecule has 2 rings (SSSR count). The SMILES string of the molecule is Cc1oc(-c2ccc(Br)cc2)cc1C(=O)O. The lowest BCUT2D eigenvalue weighted by molar-refractivity contribution is 0.0695. The molecule has 0 aliphatic heterocycles. The van der Waals surface area contributed by atoms with Crippen LogP contribution in [-0.2, 0) is 0 Å². The lowest BCUT2D eigenvalue weighted by atomic mass is 10.1. The van der Waals surface area contributed by atoms with E-state index in [0.29, 0.717) is 11.5 Å². The lowest BCUT2D eigenvalue weighted by Gasteiger charge is -1.95. The Kier molecular flexibility index (Phi) is 2.83. The van der Waals surface area contributed by atoms with Gasteiger partial charge in [0.05, 0.1) is 0 Å². The minimum absolute atomic E-state index is 0.206. The molecule has 4 heteroatoms. The highest BCUT2D eigenvalue weighted by atomic mass is 79.9. The molecule has 0 amide bonds. The number of carbonyl (C=O) groups is 1. The van der Waals surface area contributed by atoms with Gasteiger partial charge in [-0.1, -0.05) is 28.1 Å². The summed E-state index contributed by atoms with van der Waals surface area (Å²) in [6, 6.07) is 9.05. The van der Waals surface area contributed by atoms with E-state index >= 15 is 0 Å². The Morgan fingerprint density at radius 3 is 2.44 bits per heavy atom. The molecule has 1 heterocycles. The van der Waals surface area contributed by atoms with Gasteiger partial charge in [0.1, 0.15) is 17.1 Å². The molecule has 0 saturated heterocycles. The number of halogens is 1. The summed E-state index contributed by atoms with van der Waals surface area (Å²) >= 11 is 3.34. The largest absolute Gasteiger partial charge is 0.478 e. The molecule has 0 unspecified atom stereocenters. The van der Waals surface area contributed by atoms with Crippen LogP contribution in [0.3, 0.4) is 0 Å². The van der Waals surface area contributed by atoms with Crippen molar-refractivity contribution in [2.75, 3.05) is 0 Å². The molecule has 82 valence electrons. The summed E-state index contributed by atoms with van der Waals surface area (Å²) in [6.07, 6.45) is 0. The third-order valence-corrected chi connectivity index (χ3v) is 2.81. The third-order valence-electron chi connectivity index (χ3n) is 2.28. The molecule has 0 saturated carbocycles. The van der Waals surface area contributed by atoms with Gasteiger partial charge in [0.2, 0.25) is 0 Å². The van der Waals surface area contributed by atoms with Crippen LogP contribution >= 0.6 is 15.9 Å². The van der Waals surface area contributed by atoms with Crippen LogP contribution in [0.1, 0.15) is 16.1 Å². The van der Waals surface area contributed by atoms with E-state index in [4.69, 9.17) is 9.52 Å². The maximum Gasteiger partial charge on any atom is 0.339 e. The van der Waals surface area contributed by atoms with Crippen molar-refractivity contribution in [2.24, 2.45) is 0 Å². The molecule has 0 bridgehead atoms. The summed E-state index contributed by atoms with van der Waals surface area (Å²) in [5.41, 5.74) is 1.07. The predicted molar refractivity (Wildman–Crippen MR) is 63.5 cm³/mol. The zero-order chi connectivity index (χ0) is 11.7. The van der Waals surface area contributed by atoms with Crippen molar-refractivity contribution in [3.05, 3.63) is 46.1 Å². The van der Waals surface area contributed by atoms with Gasteiger partial charge >= 0.3 is 5.97 Å². The van der Waals surface area contributed by atoms with E-state index < -0.39 is 5.97 Å². The third kappa shape index (κ3) is 2.02. The number of carboxylic acid groups (broad SMARTS) is 1. The van der Waals surface area contributed by atoms with Gasteiger partial charge in [-0.2, -0.15) is 0 Å². The van der Waals surface area contributed by atoms with E-state index in [-0.39, 0.29) is 5.56 Å². The van der Waals surface area contributed by atoms with Crippen molar-refractivity contribution in [1.29, 1.82) is 0 Å². The highest BCUT2D eigenvalue weighted by Crippen LogP contribution is 2.26. The Morgan fingerprint density at radius 2 is 1.94 bits per heavy atom. The molecule has 16 heavy (non-hydrogen) atoms. The maximum atomic E-state index is 10.9. The summed E-state index contributed by atoms with van der Waals surface area (Å²) < 4.78 is 6.38.